The van der Waals surface area contributed by atoms with Gasteiger partial charge in [0.15, 0.2) is 11.5 Å². The van der Waals surface area contributed by atoms with Gasteiger partial charge < -0.3 is 30.2 Å². The van der Waals surface area contributed by atoms with Crippen molar-refractivity contribution < 1.29 is 14.2 Å². The number of rotatable bonds is 6. The van der Waals surface area contributed by atoms with Crippen molar-refractivity contribution in [1.82, 2.24) is 14.9 Å². The lowest BCUT2D eigenvalue weighted by molar-refractivity contribution is 0.0654. The van der Waals surface area contributed by atoms with Gasteiger partial charge in [0.05, 0.1) is 25.8 Å². The summed E-state index contributed by atoms with van der Waals surface area (Å²) in [7, 11) is 3.21. The summed E-state index contributed by atoms with van der Waals surface area (Å²) >= 11 is 0. The number of hydrogen-bond donors (Lipinski definition) is 2. The maximum atomic E-state index is 6.18. The lowest BCUT2D eigenvalue weighted by atomic mass is 10.0. The van der Waals surface area contributed by atoms with Crippen LogP contribution in [0.5, 0.6) is 11.5 Å². The zero-order valence-corrected chi connectivity index (χ0v) is 16.6. The van der Waals surface area contributed by atoms with Crippen molar-refractivity contribution in [3.63, 3.8) is 0 Å². The minimum absolute atomic E-state index is 0.345. The molecular weight excluding hydrogens is 358 g/mol. The first-order valence-electron chi connectivity index (χ1n) is 9.96. The summed E-state index contributed by atoms with van der Waals surface area (Å²) in [4.78, 5) is 11.6. The van der Waals surface area contributed by atoms with Crippen LogP contribution in [0.25, 0.3) is 10.9 Å². The topological polar surface area (TPSA) is 94.8 Å². The first kappa shape index (κ1) is 19.0. The van der Waals surface area contributed by atoms with Gasteiger partial charge in [-0.3, -0.25) is 0 Å². The molecule has 2 aliphatic heterocycles. The molecule has 1 atom stereocenters. The van der Waals surface area contributed by atoms with Gasteiger partial charge >= 0.3 is 0 Å². The highest BCUT2D eigenvalue weighted by molar-refractivity contribution is 5.91. The fraction of sp³-hybridized carbons (Fsp3) is 0.600. The number of nitrogens with one attached hydrogen (secondary N) is 1. The Kier molecular flexibility index (Phi) is 5.68. The molecule has 2 fully saturated rings. The quantitative estimate of drug-likeness (QED) is 0.780. The van der Waals surface area contributed by atoms with Crippen molar-refractivity contribution >= 4 is 22.7 Å². The minimum Gasteiger partial charge on any atom is -0.493 e. The molecule has 28 heavy (non-hydrogen) atoms. The molecule has 0 aliphatic carbocycles. The van der Waals surface area contributed by atoms with E-state index in [1.807, 2.05) is 12.1 Å². The van der Waals surface area contributed by atoms with Crippen molar-refractivity contribution in [2.75, 3.05) is 51.5 Å². The van der Waals surface area contributed by atoms with Gasteiger partial charge in [-0.15, -0.1) is 0 Å². The van der Waals surface area contributed by atoms with Crippen LogP contribution >= 0.6 is 0 Å². The second kappa shape index (κ2) is 8.36. The average molecular weight is 387 g/mol. The first-order chi connectivity index (χ1) is 13.7. The highest BCUT2D eigenvalue weighted by Crippen LogP contribution is 2.33. The van der Waals surface area contributed by atoms with Gasteiger partial charge in [0, 0.05) is 43.7 Å². The Balaban J connectivity index is 1.42. The van der Waals surface area contributed by atoms with Crippen LogP contribution in [0.1, 0.15) is 25.7 Å². The maximum Gasteiger partial charge on any atom is 0.225 e. The van der Waals surface area contributed by atoms with Crippen molar-refractivity contribution in [2.24, 2.45) is 0 Å². The molecule has 0 saturated carbocycles. The number of benzene rings is 1. The number of piperidine rings is 1. The van der Waals surface area contributed by atoms with Crippen LogP contribution in [-0.2, 0) is 4.74 Å². The Morgan fingerprint density at radius 1 is 1.14 bits per heavy atom. The summed E-state index contributed by atoms with van der Waals surface area (Å²) < 4.78 is 16.5. The van der Waals surface area contributed by atoms with Gasteiger partial charge in [-0.1, -0.05) is 0 Å². The fourth-order valence-corrected chi connectivity index (χ4v) is 4.06. The molecular formula is C20H29N5O3. The summed E-state index contributed by atoms with van der Waals surface area (Å²) in [5.41, 5.74) is 6.92. The van der Waals surface area contributed by atoms with Crippen LogP contribution in [0.2, 0.25) is 0 Å². The molecule has 1 unspecified atom stereocenters. The van der Waals surface area contributed by atoms with Crippen LogP contribution in [0.15, 0.2) is 12.1 Å². The van der Waals surface area contributed by atoms with Crippen LogP contribution in [0.3, 0.4) is 0 Å². The molecule has 0 spiro atoms. The number of anilines is 2. The van der Waals surface area contributed by atoms with E-state index in [9.17, 15) is 0 Å². The number of aromatic nitrogens is 2. The smallest absolute Gasteiger partial charge is 0.225 e. The molecule has 8 heteroatoms. The van der Waals surface area contributed by atoms with Crippen LogP contribution in [0, 0.1) is 0 Å². The molecule has 2 saturated heterocycles. The number of nitrogens with two attached hydrogens (primary N) is 1. The van der Waals surface area contributed by atoms with E-state index >= 15 is 0 Å². The van der Waals surface area contributed by atoms with E-state index in [1.165, 1.54) is 12.8 Å². The molecule has 8 nitrogen and oxygen atoms in total. The zero-order valence-electron chi connectivity index (χ0n) is 16.6. The van der Waals surface area contributed by atoms with E-state index in [1.54, 1.807) is 14.2 Å². The summed E-state index contributed by atoms with van der Waals surface area (Å²) in [6.07, 6.45) is 4.91. The summed E-state index contributed by atoms with van der Waals surface area (Å²) in [5.74, 6) is 2.24. The van der Waals surface area contributed by atoms with E-state index in [0.717, 1.165) is 50.0 Å². The predicted molar refractivity (Wildman–Crippen MR) is 109 cm³/mol. The second-order valence-corrected chi connectivity index (χ2v) is 7.51. The molecule has 152 valence electrons. The molecule has 2 aromatic rings. The normalized spacial score (nSPS) is 21.1. The first-order valence-corrected chi connectivity index (χ1v) is 9.96. The third kappa shape index (κ3) is 4.07. The van der Waals surface area contributed by atoms with E-state index in [0.29, 0.717) is 35.4 Å². The molecule has 0 amide bonds. The third-order valence-electron chi connectivity index (χ3n) is 5.64. The van der Waals surface area contributed by atoms with Crippen LogP contribution < -0.4 is 20.5 Å². The number of likely N-dealkylation sites (tertiary alicyclic amines) is 1. The lowest BCUT2D eigenvalue weighted by Gasteiger charge is -2.33. The molecule has 0 radical (unpaired) electrons. The highest BCUT2D eigenvalue weighted by atomic mass is 16.5. The average Bonchev–Trinajstić information content (AvgIpc) is 3.21. The van der Waals surface area contributed by atoms with E-state index in [2.05, 4.69) is 20.2 Å². The fourth-order valence-electron chi connectivity index (χ4n) is 4.06. The summed E-state index contributed by atoms with van der Waals surface area (Å²) in [5, 5.41) is 4.22. The van der Waals surface area contributed by atoms with E-state index in [4.69, 9.17) is 19.9 Å². The number of ether oxygens (including phenoxy) is 3. The Morgan fingerprint density at radius 3 is 2.57 bits per heavy atom. The number of methoxy groups -OCH3 is 2. The van der Waals surface area contributed by atoms with E-state index < -0.39 is 0 Å². The molecule has 3 N–H and O–H groups in total. The highest BCUT2D eigenvalue weighted by Gasteiger charge is 2.24. The van der Waals surface area contributed by atoms with Gasteiger partial charge in [0.2, 0.25) is 5.95 Å². The molecule has 2 aliphatic rings. The van der Waals surface area contributed by atoms with Crippen molar-refractivity contribution in [1.29, 1.82) is 0 Å². The number of fused-ring (bicyclic) bond motifs is 1. The molecule has 1 aromatic heterocycles. The van der Waals surface area contributed by atoms with Crippen LogP contribution in [-0.4, -0.2) is 67.5 Å². The Morgan fingerprint density at radius 2 is 1.89 bits per heavy atom. The SMILES string of the molecule is COc1cc2nc(NC3CCN(CC4CCCO4)CC3)nc(N)c2cc1OC. The standard InChI is InChI=1S/C20H29N5O3/c1-26-17-10-15-16(11-18(17)27-2)23-20(24-19(15)21)22-13-5-7-25(8-6-13)12-14-4-3-9-28-14/h10-11,13-14H,3-9,12H2,1-2H3,(H3,21,22,23,24). The zero-order chi connectivity index (χ0) is 19.5. The van der Waals surface area contributed by atoms with Gasteiger partial charge in [0.1, 0.15) is 5.82 Å². The number of nitrogen functional groups attached to an aromatic ring is 1. The number of nitrogens with zero attached hydrogens (tertiary/aromatic N) is 3. The van der Waals surface area contributed by atoms with Gasteiger partial charge in [-0.05, 0) is 31.7 Å². The van der Waals surface area contributed by atoms with Gasteiger partial charge in [0.25, 0.3) is 0 Å². The van der Waals surface area contributed by atoms with Crippen molar-refractivity contribution in [2.45, 2.75) is 37.8 Å². The Bertz CT molecular complexity index is 817. The molecule has 4 rings (SSSR count). The minimum atomic E-state index is 0.345. The molecule has 0 bridgehead atoms. The summed E-state index contributed by atoms with van der Waals surface area (Å²) in [6, 6.07) is 4.00. The predicted octanol–water partition coefficient (Wildman–Crippen LogP) is 2.28. The maximum absolute atomic E-state index is 6.18. The lowest BCUT2D eigenvalue weighted by Crippen LogP contribution is -2.42. The number of hydrogen-bond acceptors (Lipinski definition) is 8. The van der Waals surface area contributed by atoms with Crippen molar-refractivity contribution in [3.8, 4) is 11.5 Å². The Labute approximate surface area is 165 Å². The van der Waals surface area contributed by atoms with Gasteiger partial charge in [-0.2, -0.15) is 4.98 Å². The molecule has 1 aromatic carbocycles. The third-order valence-corrected chi connectivity index (χ3v) is 5.64. The largest absolute Gasteiger partial charge is 0.493 e. The Hall–Kier alpha value is -2.32. The van der Waals surface area contributed by atoms with Crippen LogP contribution in [0.4, 0.5) is 11.8 Å². The second-order valence-electron chi connectivity index (χ2n) is 7.51. The van der Waals surface area contributed by atoms with Gasteiger partial charge in [-0.25, -0.2) is 4.98 Å². The van der Waals surface area contributed by atoms with E-state index in [-0.39, 0.29) is 0 Å². The summed E-state index contributed by atoms with van der Waals surface area (Å²) in [6.45, 7) is 4.09. The molecule has 3 heterocycles. The van der Waals surface area contributed by atoms with Crippen molar-refractivity contribution in [3.05, 3.63) is 12.1 Å². The monoisotopic (exact) mass is 387 g/mol.